The first-order chi connectivity index (χ1) is 15.6. The summed E-state index contributed by atoms with van der Waals surface area (Å²) in [5.41, 5.74) is 3.71. The Kier molecular flexibility index (Phi) is 7.20. The van der Waals surface area contributed by atoms with E-state index in [0.717, 1.165) is 16.7 Å². The summed E-state index contributed by atoms with van der Waals surface area (Å²) in [5.74, 6) is 0.518. The summed E-state index contributed by atoms with van der Waals surface area (Å²) in [5, 5.41) is 0. The molecule has 3 rings (SSSR count). The number of nitrogens with zero attached hydrogens (tertiary/aromatic N) is 3. The van der Waals surface area contributed by atoms with E-state index in [1.165, 1.54) is 32.5 Å². The van der Waals surface area contributed by atoms with Crippen LogP contribution in [0.15, 0.2) is 75.6 Å². The Labute approximate surface area is 183 Å². The fourth-order valence-corrected chi connectivity index (χ4v) is 3.41. The number of isocyanates is 3. The molecule has 0 saturated heterocycles. The molecule has 0 aliphatic carbocycles. The van der Waals surface area contributed by atoms with Crippen LogP contribution in [0.5, 0.6) is 11.5 Å². The molecular formula is C24H17N3O5. The van der Waals surface area contributed by atoms with Crippen molar-refractivity contribution in [3.05, 3.63) is 77.4 Å². The summed E-state index contributed by atoms with van der Waals surface area (Å²) in [6.07, 6.45) is 4.56. The van der Waals surface area contributed by atoms with E-state index in [9.17, 15) is 14.4 Å². The smallest absolute Gasteiger partial charge is 0.240 e. The normalized spacial score (nSPS) is 10.7. The first-order valence-electron chi connectivity index (χ1n) is 9.34. The minimum absolute atomic E-state index is 0.285. The van der Waals surface area contributed by atoms with Crippen LogP contribution in [0, 0.1) is 0 Å². The van der Waals surface area contributed by atoms with Gasteiger partial charge in [0, 0.05) is 17.5 Å². The molecular weight excluding hydrogens is 410 g/mol. The molecule has 0 aliphatic rings. The lowest BCUT2D eigenvalue weighted by molar-refractivity contribution is 0.399. The number of rotatable bonds is 8. The van der Waals surface area contributed by atoms with Crippen LogP contribution in [0.3, 0.4) is 0 Å². The highest BCUT2D eigenvalue weighted by Crippen LogP contribution is 2.43. The molecule has 0 spiro atoms. The molecule has 32 heavy (non-hydrogen) atoms. The number of methoxy groups -OCH3 is 2. The highest BCUT2D eigenvalue weighted by atomic mass is 16.5. The molecule has 0 amide bonds. The molecule has 0 fully saturated rings. The van der Waals surface area contributed by atoms with E-state index in [4.69, 9.17) is 9.47 Å². The zero-order valence-corrected chi connectivity index (χ0v) is 17.2. The van der Waals surface area contributed by atoms with Gasteiger partial charge in [-0.15, -0.1) is 0 Å². The molecule has 0 radical (unpaired) electrons. The van der Waals surface area contributed by atoms with Crippen molar-refractivity contribution in [3.63, 3.8) is 0 Å². The lowest BCUT2D eigenvalue weighted by atomic mass is 9.84. The second-order valence-corrected chi connectivity index (χ2v) is 6.49. The van der Waals surface area contributed by atoms with Gasteiger partial charge < -0.3 is 9.47 Å². The van der Waals surface area contributed by atoms with Gasteiger partial charge in [0.25, 0.3) is 0 Å². The molecule has 0 aliphatic heterocycles. The third-order valence-electron chi connectivity index (χ3n) is 4.81. The van der Waals surface area contributed by atoms with E-state index < -0.39 is 0 Å². The molecule has 158 valence electrons. The maximum Gasteiger partial charge on any atom is 0.240 e. The molecule has 3 aromatic carbocycles. The van der Waals surface area contributed by atoms with Gasteiger partial charge in [0.05, 0.1) is 25.6 Å². The first-order valence-corrected chi connectivity index (χ1v) is 9.34. The van der Waals surface area contributed by atoms with E-state index >= 15 is 0 Å². The van der Waals surface area contributed by atoms with Crippen molar-refractivity contribution >= 4 is 35.3 Å². The van der Waals surface area contributed by atoms with E-state index in [0.29, 0.717) is 22.9 Å². The highest BCUT2D eigenvalue weighted by molar-refractivity contribution is 5.65. The first kappa shape index (κ1) is 22.1. The van der Waals surface area contributed by atoms with Crippen molar-refractivity contribution in [2.45, 2.75) is 5.92 Å². The molecule has 8 heteroatoms. The third kappa shape index (κ3) is 4.75. The Bertz CT molecular complexity index is 1190. The van der Waals surface area contributed by atoms with Crippen LogP contribution in [0.1, 0.15) is 22.6 Å². The minimum Gasteiger partial charge on any atom is -0.496 e. The van der Waals surface area contributed by atoms with E-state index in [-0.39, 0.29) is 11.6 Å². The number of aliphatic imine (C=N–C) groups is 3. The molecule has 0 N–H and O–H groups in total. The van der Waals surface area contributed by atoms with Gasteiger partial charge in [0.15, 0.2) is 0 Å². The Hall–Kier alpha value is -4.60. The predicted octanol–water partition coefficient (Wildman–Crippen LogP) is 4.79. The Balaban J connectivity index is 2.25. The van der Waals surface area contributed by atoms with Crippen molar-refractivity contribution in [2.24, 2.45) is 15.0 Å². The number of ether oxygens (including phenoxy) is 2. The van der Waals surface area contributed by atoms with Gasteiger partial charge in [-0.05, 0) is 41.5 Å². The van der Waals surface area contributed by atoms with Gasteiger partial charge in [-0.3, -0.25) is 0 Å². The van der Waals surface area contributed by atoms with Gasteiger partial charge in [-0.2, -0.15) is 15.0 Å². The number of hydrogen-bond acceptors (Lipinski definition) is 8. The maximum atomic E-state index is 10.8. The van der Waals surface area contributed by atoms with Gasteiger partial charge in [0.2, 0.25) is 18.2 Å². The molecule has 0 saturated carbocycles. The van der Waals surface area contributed by atoms with E-state index in [2.05, 4.69) is 15.0 Å². The van der Waals surface area contributed by atoms with Crippen molar-refractivity contribution < 1.29 is 23.9 Å². The van der Waals surface area contributed by atoms with Crippen LogP contribution < -0.4 is 9.47 Å². The highest BCUT2D eigenvalue weighted by Gasteiger charge is 2.23. The molecule has 0 atom stereocenters. The van der Waals surface area contributed by atoms with Crippen molar-refractivity contribution in [3.8, 4) is 11.5 Å². The molecule has 8 nitrogen and oxygen atoms in total. The average molecular weight is 427 g/mol. The Morgan fingerprint density at radius 3 is 1.53 bits per heavy atom. The van der Waals surface area contributed by atoms with Crippen molar-refractivity contribution in [1.29, 1.82) is 0 Å². The lowest BCUT2D eigenvalue weighted by Gasteiger charge is -2.22. The summed E-state index contributed by atoms with van der Waals surface area (Å²) < 4.78 is 11.0. The van der Waals surface area contributed by atoms with E-state index in [1.807, 2.05) is 24.3 Å². The van der Waals surface area contributed by atoms with Crippen LogP contribution >= 0.6 is 0 Å². The monoisotopic (exact) mass is 427 g/mol. The topological polar surface area (TPSA) is 107 Å². The van der Waals surface area contributed by atoms with Crippen LogP contribution in [0.25, 0.3) is 0 Å². The Morgan fingerprint density at radius 2 is 1.12 bits per heavy atom. The van der Waals surface area contributed by atoms with Crippen LogP contribution in [0.2, 0.25) is 0 Å². The Morgan fingerprint density at radius 1 is 0.656 bits per heavy atom. The largest absolute Gasteiger partial charge is 0.496 e. The number of benzene rings is 3. The summed E-state index contributed by atoms with van der Waals surface area (Å²) in [4.78, 5) is 42.9. The molecule has 0 bridgehead atoms. The second-order valence-electron chi connectivity index (χ2n) is 6.49. The predicted molar refractivity (Wildman–Crippen MR) is 117 cm³/mol. The molecule has 0 heterocycles. The lowest BCUT2D eigenvalue weighted by Crippen LogP contribution is -2.06. The van der Waals surface area contributed by atoms with Crippen molar-refractivity contribution in [1.82, 2.24) is 0 Å². The number of carbonyl (C=O) groups excluding carboxylic acids is 3. The zero-order chi connectivity index (χ0) is 22.9. The standard InChI is InChI=1S/C24H17N3O5/c1-31-22-12-21(27-15-30)23(32-2)11-20(22)24(16-3-7-18(8-4-16)25-13-28)17-5-9-19(10-6-17)26-14-29/h3-12,24H,1-2H3. The summed E-state index contributed by atoms with van der Waals surface area (Å²) in [6, 6.07) is 17.5. The van der Waals surface area contributed by atoms with Crippen LogP contribution in [-0.2, 0) is 14.4 Å². The average Bonchev–Trinajstić information content (AvgIpc) is 2.82. The van der Waals surface area contributed by atoms with Gasteiger partial charge >= 0.3 is 0 Å². The quantitative estimate of drug-likeness (QED) is 0.292. The molecule has 3 aromatic rings. The van der Waals surface area contributed by atoms with Crippen LogP contribution in [-0.4, -0.2) is 32.5 Å². The molecule has 0 aromatic heterocycles. The molecule has 0 unspecified atom stereocenters. The zero-order valence-electron chi connectivity index (χ0n) is 17.2. The van der Waals surface area contributed by atoms with E-state index in [1.54, 1.807) is 36.4 Å². The summed E-state index contributed by atoms with van der Waals surface area (Å²) in [7, 11) is 2.99. The van der Waals surface area contributed by atoms with Gasteiger partial charge in [-0.25, -0.2) is 14.4 Å². The van der Waals surface area contributed by atoms with Gasteiger partial charge in [0.1, 0.15) is 17.2 Å². The fourth-order valence-electron chi connectivity index (χ4n) is 3.41. The van der Waals surface area contributed by atoms with Gasteiger partial charge in [-0.1, -0.05) is 24.3 Å². The summed E-state index contributed by atoms with van der Waals surface area (Å²) >= 11 is 0. The van der Waals surface area contributed by atoms with Crippen LogP contribution in [0.4, 0.5) is 17.1 Å². The maximum absolute atomic E-state index is 10.8. The SMILES string of the molecule is COc1cc(C(c2ccc(N=C=O)cc2)c2ccc(N=C=O)cc2)c(OC)cc1N=C=O. The second kappa shape index (κ2) is 10.4. The minimum atomic E-state index is -0.336. The third-order valence-corrected chi connectivity index (χ3v) is 4.81. The fraction of sp³-hybridized carbons (Fsp3) is 0.125. The number of hydrogen-bond donors (Lipinski definition) is 0. The van der Waals surface area contributed by atoms with Crippen molar-refractivity contribution in [2.75, 3.05) is 14.2 Å². The summed E-state index contributed by atoms with van der Waals surface area (Å²) in [6.45, 7) is 0.